The molecule has 1 nitrogen and oxygen atoms in total. The van der Waals surface area contributed by atoms with E-state index in [2.05, 4.69) is 35.0 Å². The maximum atomic E-state index is 11.9. The molecular formula is C15H21BrO. The van der Waals surface area contributed by atoms with Crippen molar-refractivity contribution >= 4 is 21.7 Å². The number of rotatable bonds is 8. The number of Topliss-reactive ketones (excluding diaryl/α,β-unsaturated/α-hetero) is 1. The van der Waals surface area contributed by atoms with E-state index in [1.165, 1.54) is 19.3 Å². The standard InChI is InChI=1S/C15H21BrO/c1-2-3-4-8-11-14(15(17)12-16)13-9-6-5-7-10-13/h5-7,9-10,14H,2-4,8,11-12H2,1H3. The molecule has 1 aromatic carbocycles. The third-order valence-corrected chi connectivity index (χ3v) is 3.62. The molecule has 0 radical (unpaired) electrons. The highest BCUT2D eigenvalue weighted by Gasteiger charge is 2.18. The van der Waals surface area contributed by atoms with E-state index in [4.69, 9.17) is 0 Å². The van der Waals surface area contributed by atoms with Crippen LogP contribution in [0, 0.1) is 0 Å². The fourth-order valence-electron chi connectivity index (χ4n) is 2.07. The minimum Gasteiger partial charge on any atom is -0.298 e. The Labute approximate surface area is 113 Å². The van der Waals surface area contributed by atoms with Gasteiger partial charge < -0.3 is 0 Å². The summed E-state index contributed by atoms with van der Waals surface area (Å²) in [5.74, 6) is 0.375. The second-order valence-corrected chi connectivity index (χ2v) is 4.97. The van der Waals surface area contributed by atoms with Crippen molar-refractivity contribution in [3.8, 4) is 0 Å². The number of halogens is 1. The number of hydrogen-bond acceptors (Lipinski definition) is 1. The smallest absolute Gasteiger partial charge is 0.150 e. The van der Waals surface area contributed by atoms with Crippen molar-refractivity contribution in [2.45, 2.75) is 44.9 Å². The summed E-state index contributed by atoms with van der Waals surface area (Å²) in [6.07, 6.45) is 5.86. The first-order valence-corrected chi connectivity index (χ1v) is 7.55. The monoisotopic (exact) mass is 296 g/mol. The van der Waals surface area contributed by atoms with E-state index in [1.807, 2.05) is 18.2 Å². The van der Waals surface area contributed by atoms with Crippen LogP contribution in [-0.2, 0) is 4.79 Å². The number of alkyl halides is 1. The van der Waals surface area contributed by atoms with Crippen LogP contribution in [0.25, 0.3) is 0 Å². The average molecular weight is 297 g/mol. The first-order valence-electron chi connectivity index (χ1n) is 6.43. The van der Waals surface area contributed by atoms with Gasteiger partial charge in [0, 0.05) is 5.92 Å². The second kappa shape index (κ2) is 8.46. The molecule has 0 aliphatic heterocycles. The molecule has 1 aromatic rings. The molecule has 1 unspecified atom stereocenters. The third kappa shape index (κ3) is 5.03. The fourth-order valence-corrected chi connectivity index (χ4v) is 2.46. The van der Waals surface area contributed by atoms with Crippen LogP contribution in [0.2, 0.25) is 0 Å². The van der Waals surface area contributed by atoms with Gasteiger partial charge in [-0.25, -0.2) is 0 Å². The number of unbranched alkanes of at least 4 members (excludes halogenated alkanes) is 3. The van der Waals surface area contributed by atoms with Gasteiger partial charge in [0.05, 0.1) is 5.33 Å². The first-order chi connectivity index (χ1) is 8.29. The van der Waals surface area contributed by atoms with Crippen LogP contribution < -0.4 is 0 Å². The second-order valence-electron chi connectivity index (χ2n) is 4.41. The van der Waals surface area contributed by atoms with Crippen LogP contribution in [0.15, 0.2) is 30.3 Å². The zero-order chi connectivity index (χ0) is 12.5. The van der Waals surface area contributed by atoms with E-state index in [0.717, 1.165) is 18.4 Å². The van der Waals surface area contributed by atoms with Crippen molar-refractivity contribution in [2.75, 3.05) is 5.33 Å². The Kier molecular flexibility index (Phi) is 7.18. The summed E-state index contributed by atoms with van der Waals surface area (Å²) in [7, 11) is 0. The van der Waals surface area contributed by atoms with Crippen molar-refractivity contribution in [1.82, 2.24) is 0 Å². The van der Waals surface area contributed by atoms with Gasteiger partial charge in [0.1, 0.15) is 0 Å². The third-order valence-electron chi connectivity index (χ3n) is 3.07. The SMILES string of the molecule is CCCCCCC(C(=O)CBr)c1ccccc1. The Balaban J connectivity index is 2.59. The van der Waals surface area contributed by atoms with E-state index in [1.54, 1.807) is 0 Å². The van der Waals surface area contributed by atoms with Gasteiger partial charge in [0.25, 0.3) is 0 Å². The highest BCUT2D eigenvalue weighted by Crippen LogP contribution is 2.24. The van der Waals surface area contributed by atoms with Crippen LogP contribution >= 0.6 is 15.9 Å². The highest BCUT2D eigenvalue weighted by atomic mass is 79.9. The van der Waals surface area contributed by atoms with Gasteiger partial charge in [0.15, 0.2) is 5.78 Å². The van der Waals surface area contributed by atoms with Crippen LogP contribution in [0.5, 0.6) is 0 Å². The molecule has 0 heterocycles. The minimum atomic E-state index is 0.0763. The quantitative estimate of drug-likeness (QED) is 0.502. The van der Waals surface area contributed by atoms with Crippen molar-refractivity contribution in [3.63, 3.8) is 0 Å². The van der Waals surface area contributed by atoms with E-state index in [9.17, 15) is 4.79 Å². The normalized spacial score (nSPS) is 12.4. The fraction of sp³-hybridized carbons (Fsp3) is 0.533. The summed E-state index contributed by atoms with van der Waals surface area (Å²) >= 11 is 3.29. The molecular weight excluding hydrogens is 276 g/mol. The zero-order valence-corrected chi connectivity index (χ0v) is 12.1. The highest BCUT2D eigenvalue weighted by molar-refractivity contribution is 9.09. The largest absolute Gasteiger partial charge is 0.298 e. The van der Waals surface area contributed by atoms with Crippen LogP contribution in [0.1, 0.15) is 50.5 Å². The van der Waals surface area contributed by atoms with Gasteiger partial charge in [-0.15, -0.1) is 0 Å². The predicted molar refractivity (Wildman–Crippen MR) is 76.7 cm³/mol. The molecule has 94 valence electrons. The molecule has 0 spiro atoms. The molecule has 2 heteroatoms. The summed E-state index contributed by atoms with van der Waals surface area (Å²) in [6.45, 7) is 2.21. The maximum absolute atomic E-state index is 11.9. The molecule has 0 aliphatic carbocycles. The molecule has 0 fully saturated rings. The molecule has 0 aliphatic rings. The Morgan fingerprint density at radius 2 is 1.88 bits per heavy atom. The van der Waals surface area contributed by atoms with Gasteiger partial charge in [-0.1, -0.05) is 78.9 Å². The van der Waals surface area contributed by atoms with Crippen molar-refractivity contribution < 1.29 is 4.79 Å². The van der Waals surface area contributed by atoms with Crippen molar-refractivity contribution in [3.05, 3.63) is 35.9 Å². The molecule has 0 saturated carbocycles. The van der Waals surface area contributed by atoms with Gasteiger partial charge in [0.2, 0.25) is 0 Å². The van der Waals surface area contributed by atoms with Gasteiger partial charge in [-0.3, -0.25) is 4.79 Å². The molecule has 0 amide bonds. The summed E-state index contributed by atoms with van der Waals surface area (Å²) < 4.78 is 0. The number of hydrogen-bond donors (Lipinski definition) is 0. The lowest BCUT2D eigenvalue weighted by Gasteiger charge is -2.14. The zero-order valence-electron chi connectivity index (χ0n) is 10.5. The van der Waals surface area contributed by atoms with E-state index < -0.39 is 0 Å². The summed E-state index contributed by atoms with van der Waals surface area (Å²) in [5, 5.41) is 0.459. The molecule has 17 heavy (non-hydrogen) atoms. The van der Waals surface area contributed by atoms with Gasteiger partial charge in [-0.05, 0) is 12.0 Å². The van der Waals surface area contributed by atoms with Crippen molar-refractivity contribution in [1.29, 1.82) is 0 Å². The number of ketones is 1. The molecule has 0 bridgehead atoms. The van der Waals surface area contributed by atoms with Gasteiger partial charge in [-0.2, -0.15) is 0 Å². The summed E-state index contributed by atoms with van der Waals surface area (Å²) in [6, 6.07) is 10.1. The molecule has 0 aromatic heterocycles. The lowest BCUT2D eigenvalue weighted by molar-refractivity contribution is -0.118. The van der Waals surface area contributed by atoms with Gasteiger partial charge >= 0.3 is 0 Å². The predicted octanol–water partition coefficient (Wildman–Crippen LogP) is 4.70. The molecule has 0 saturated heterocycles. The molecule has 1 rings (SSSR count). The Bertz CT molecular complexity index is 321. The van der Waals surface area contributed by atoms with E-state index in [0.29, 0.717) is 11.1 Å². The number of carbonyl (C=O) groups is 1. The number of benzene rings is 1. The minimum absolute atomic E-state index is 0.0763. The van der Waals surface area contributed by atoms with Crippen molar-refractivity contribution in [2.24, 2.45) is 0 Å². The van der Waals surface area contributed by atoms with E-state index in [-0.39, 0.29) is 5.92 Å². The summed E-state index contributed by atoms with van der Waals surface area (Å²) in [5.41, 5.74) is 1.16. The molecule has 1 atom stereocenters. The van der Waals surface area contributed by atoms with Crippen LogP contribution in [0.3, 0.4) is 0 Å². The van der Waals surface area contributed by atoms with Crippen LogP contribution in [-0.4, -0.2) is 11.1 Å². The number of carbonyl (C=O) groups excluding carboxylic acids is 1. The average Bonchev–Trinajstić information content (AvgIpc) is 2.39. The lowest BCUT2D eigenvalue weighted by Crippen LogP contribution is -2.13. The Morgan fingerprint density at radius 3 is 2.47 bits per heavy atom. The van der Waals surface area contributed by atoms with Crippen LogP contribution in [0.4, 0.5) is 0 Å². The molecule has 0 N–H and O–H groups in total. The Morgan fingerprint density at radius 1 is 1.18 bits per heavy atom. The topological polar surface area (TPSA) is 17.1 Å². The first kappa shape index (κ1) is 14.4. The summed E-state index contributed by atoms with van der Waals surface area (Å²) in [4.78, 5) is 11.9. The van der Waals surface area contributed by atoms with E-state index >= 15 is 0 Å². The maximum Gasteiger partial charge on any atom is 0.150 e. The Hall–Kier alpha value is -0.630. The lowest BCUT2D eigenvalue weighted by atomic mass is 9.90.